The monoisotopic (exact) mass is 419 g/mol. The predicted molar refractivity (Wildman–Crippen MR) is 120 cm³/mol. The van der Waals surface area contributed by atoms with Gasteiger partial charge in [-0.1, -0.05) is 30.7 Å². The SMILES string of the molecule is CCN1CCCC(CNC(=NC)N2CCN(C(=O)Cc3cccc(Cl)c3)CC2)C1. The summed E-state index contributed by atoms with van der Waals surface area (Å²) in [5, 5.41) is 4.25. The molecule has 0 saturated carbocycles. The molecule has 1 amide bonds. The Kier molecular flexibility index (Phi) is 8.19. The third kappa shape index (κ3) is 6.34. The molecule has 0 radical (unpaired) electrons. The number of rotatable bonds is 5. The van der Waals surface area contributed by atoms with Crippen LogP contribution in [0.2, 0.25) is 5.02 Å². The van der Waals surface area contributed by atoms with Gasteiger partial charge in [0.25, 0.3) is 0 Å². The van der Waals surface area contributed by atoms with Gasteiger partial charge in [0.15, 0.2) is 5.96 Å². The molecule has 0 bridgehead atoms. The van der Waals surface area contributed by atoms with Gasteiger partial charge < -0.3 is 20.0 Å². The largest absolute Gasteiger partial charge is 0.356 e. The molecule has 2 aliphatic heterocycles. The number of nitrogens with zero attached hydrogens (tertiary/aromatic N) is 4. The van der Waals surface area contributed by atoms with Crippen LogP contribution >= 0.6 is 11.6 Å². The zero-order valence-corrected chi connectivity index (χ0v) is 18.5. The third-order valence-electron chi connectivity index (χ3n) is 5.99. The number of piperazine rings is 1. The van der Waals surface area contributed by atoms with E-state index in [1.807, 2.05) is 36.2 Å². The van der Waals surface area contributed by atoms with Crippen LogP contribution in [0.3, 0.4) is 0 Å². The van der Waals surface area contributed by atoms with Gasteiger partial charge in [-0.3, -0.25) is 9.79 Å². The fourth-order valence-corrected chi connectivity index (χ4v) is 4.49. The lowest BCUT2D eigenvalue weighted by molar-refractivity contribution is -0.131. The summed E-state index contributed by atoms with van der Waals surface area (Å²) in [7, 11) is 1.85. The van der Waals surface area contributed by atoms with Crippen LogP contribution < -0.4 is 5.32 Å². The molecule has 2 fully saturated rings. The van der Waals surface area contributed by atoms with E-state index in [0.29, 0.717) is 17.4 Å². The molecule has 1 aromatic carbocycles. The summed E-state index contributed by atoms with van der Waals surface area (Å²) in [6, 6.07) is 7.55. The highest BCUT2D eigenvalue weighted by Crippen LogP contribution is 2.16. The Balaban J connectivity index is 1.44. The van der Waals surface area contributed by atoms with E-state index in [-0.39, 0.29) is 5.91 Å². The molecule has 1 N–H and O–H groups in total. The van der Waals surface area contributed by atoms with Gasteiger partial charge in [-0.15, -0.1) is 0 Å². The Morgan fingerprint density at radius 2 is 1.97 bits per heavy atom. The Bertz CT molecular complexity index is 702. The maximum atomic E-state index is 12.6. The molecule has 1 unspecified atom stereocenters. The topological polar surface area (TPSA) is 51.2 Å². The molecule has 0 aliphatic carbocycles. The number of amides is 1. The van der Waals surface area contributed by atoms with E-state index in [4.69, 9.17) is 11.6 Å². The van der Waals surface area contributed by atoms with Crippen LogP contribution in [-0.2, 0) is 11.2 Å². The third-order valence-corrected chi connectivity index (χ3v) is 6.22. The van der Waals surface area contributed by atoms with Crippen molar-refractivity contribution in [1.82, 2.24) is 20.0 Å². The quantitative estimate of drug-likeness (QED) is 0.588. The van der Waals surface area contributed by atoms with Crippen molar-refractivity contribution in [3.63, 3.8) is 0 Å². The summed E-state index contributed by atoms with van der Waals surface area (Å²) >= 11 is 6.03. The normalized spacial score (nSPS) is 21.3. The van der Waals surface area contributed by atoms with E-state index in [9.17, 15) is 4.79 Å². The minimum atomic E-state index is 0.164. The van der Waals surface area contributed by atoms with Crippen molar-refractivity contribution in [2.45, 2.75) is 26.2 Å². The number of carbonyl (C=O) groups excluding carboxylic acids is 1. The second kappa shape index (κ2) is 10.8. The standard InChI is InChI=1S/C22H34ClN5O/c1-3-26-9-5-7-19(17-26)16-25-22(24-2)28-12-10-27(11-13-28)21(29)15-18-6-4-8-20(23)14-18/h4,6,8,14,19H,3,5,7,9-13,15-17H2,1-2H3,(H,24,25). The Hall–Kier alpha value is -1.79. The number of benzene rings is 1. The summed E-state index contributed by atoms with van der Waals surface area (Å²) in [4.78, 5) is 23.9. The molecular formula is C22H34ClN5O. The summed E-state index contributed by atoms with van der Waals surface area (Å²) in [5.41, 5.74) is 0.969. The fraction of sp³-hybridized carbons (Fsp3) is 0.636. The predicted octanol–water partition coefficient (Wildman–Crippen LogP) is 2.33. The molecule has 3 rings (SSSR count). The number of hydrogen-bond acceptors (Lipinski definition) is 3. The number of piperidine rings is 1. The molecule has 1 aromatic rings. The zero-order valence-electron chi connectivity index (χ0n) is 17.7. The molecule has 2 saturated heterocycles. The van der Waals surface area contributed by atoms with Gasteiger partial charge in [0.05, 0.1) is 6.42 Å². The van der Waals surface area contributed by atoms with Gasteiger partial charge in [-0.05, 0) is 49.5 Å². The van der Waals surface area contributed by atoms with Crippen molar-refractivity contribution in [2.75, 3.05) is 59.4 Å². The van der Waals surface area contributed by atoms with Gasteiger partial charge in [-0.25, -0.2) is 0 Å². The smallest absolute Gasteiger partial charge is 0.227 e. The number of hydrogen-bond donors (Lipinski definition) is 1. The van der Waals surface area contributed by atoms with E-state index < -0.39 is 0 Å². The van der Waals surface area contributed by atoms with Crippen molar-refractivity contribution in [3.8, 4) is 0 Å². The van der Waals surface area contributed by atoms with Crippen molar-refractivity contribution in [1.29, 1.82) is 0 Å². The van der Waals surface area contributed by atoms with Crippen LogP contribution in [0.15, 0.2) is 29.3 Å². The molecule has 7 heteroatoms. The molecular weight excluding hydrogens is 386 g/mol. The first kappa shape index (κ1) is 21.9. The van der Waals surface area contributed by atoms with Crippen LogP contribution in [0.1, 0.15) is 25.3 Å². The first-order chi connectivity index (χ1) is 14.1. The van der Waals surface area contributed by atoms with E-state index in [0.717, 1.165) is 50.8 Å². The summed E-state index contributed by atoms with van der Waals surface area (Å²) in [6.07, 6.45) is 2.97. The summed E-state index contributed by atoms with van der Waals surface area (Å²) < 4.78 is 0. The van der Waals surface area contributed by atoms with E-state index in [1.54, 1.807) is 0 Å². The second-order valence-electron chi connectivity index (χ2n) is 8.00. The van der Waals surface area contributed by atoms with Crippen molar-refractivity contribution in [2.24, 2.45) is 10.9 Å². The molecule has 6 nitrogen and oxygen atoms in total. The number of halogens is 1. The molecule has 2 aliphatic rings. The minimum absolute atomic E-state index is 0.164. The molecule has 0 spiro atoms. The van der Waals surface area contributed by atoms with Crippen LogP contribution in [0.25, 0.3) is 0 Å². The maximum Gasteiger partial charge on any atom is 0.227 e. The Morgan fingerprint density at radius 1 is 1.21 bits per heavy atom. The number of likely N-dealkylation sites (tertiary alicyclic amines) is 1. The molecule has 29 heavy (non-hydrogen) atoms. The maximum absolute atomic E-state index is 12.6. The fourth-order valence-electron chi connectivity index (χ4n) is 4.27. The zero-order chi connectivity index (χ0) is 20.6. The Morgan fingerprint density at radius 3 is 2.66 bits per heavy atom. The molecule has 1 atom stereocenters. The van der Waals surface area contributed by atoms with Crippen LogP contribution in [0.5, 0.6) is 0 Å². The van der Waals surface area contributed by atoms with Gasteiger partial charge >= 0.3 is 0 Å². The lowest BCUT2D eigenvalue weighted by atomic mass is 9.98. The average Bonchev–Trinajstić information content (AvgIpc) is 2.75. The van der Waals surface area contributed by atoms with Gasteiger partial charge in [0, 0.05) is 51.3 Å². The van der Waals surface area contributed by atoms with Crippen LogP contribution in [0, 0.1) is 5.92 Å². The van der Waals surface area contributed by atoms with Crippen LogP contribution in [0.4, 0.5) is 0 Å². The number of nitrogens with one attached hydrogen (secondary N) is 1. The van der Waals surface area contributed by atoms with Gasteiger partial charge in [0.1, 0.15) is 0 Å². The van der Waals surface area contributed by atoms with E-state index >= 15 is 0 Å². The van der Waals surface area contributed by atoms with Crippen LogP contribution in [-0.4, -0.2) is 86.0 Å². The second-order valence-corrected chi connectivity index (χ2v) is 8.44. The first-order valence-electron chi connectivity index (χ1n) is 10.8. The highest BCUT2D eigenvalue weighted by molar-refractivity contribution is 6.30. The van der Waals surface area contributed by atoms with E-state index in [1.165, 1.54) is 25.9 Å². The van der Waals surface area contributed by atoms with Crippen molar-refractivity contribution >= 4 is 23.5 Å². The minimum Gasteiger partial charge on any atom is -0.356 e. The first-order valence-corrected chi connectivity index (χ1v) is 11.2. The lowest BCUT2D eigenvalue weighted by Gasteiger charge is -2.37. The number of aliphatic imine (C=N–C) groups is 1. The highest BCUT2D eigenvalue weighted by atomic mass is 35.5. The summed E-state index contributed by atoms with van der Waals surface area (Å²) in [6.45, 7) is 9.83. The molecule has 2 heterocycles. The van der Waals surface area contributed by atoms with Crippen molar-refractivity contribution in [3.05, 3.63) is 34.9 Å². The number of guanidine groups is 1. The van der Waals surface area contributed by atoms with Crippen molar-refractivity contribution < 1.29 is 4.79 Å². The lowest BCUT2D eigenvalue weighted by Crippen LogP contribution is -2.54. The average molecular weight is 420 g/mol. The van der Waals surface area contributed by atoms with Gasteiger partial charge in [0.2, 0.25) is 5.91 Å². The highest BCUT2D eigenvalue weighted by Gasteiger charge is 2.24. The Labute approximate surface area is 179 Å². The van der Waals surface area contributed by atoms with E-state index in [2.05, 4.69) is 27.0 Å². The summed E-state index contributed by atoms with van der Waals surface area (Å²) in [5.74, 6) is 1.80. The molecule has 0 aromatic heterocycles. The number of carbonyl (C=O) groups is 1. The van der Waals surface area contributed by atoms with Gasteiger partial charge in [-0.2, -0.15) is 0 Å². The molecule has 160 valence electrons.